The van der Waals surface area contributed by atoms with E-state index >= 15 is 0 Å². The molecule has 1 heterocycles. The summed E-state index contributed by atoms with van der Waals surface area (Å²) in [6, 6.07) is 10.4. The van der Waals surface area contributed by atoms with Crippen molar-refractivity contribution < 1.29 is 8.81 Å². The number of rotatable bonds is 7. The fraction of sp³-hybridized carbons (Fsp3) is 0.312. The lowest BCUT2D eigenvalue weighted by Crippen LogP contribution is -2.39. The van der Waals surface area contributed by atoms with Crippen LogP contribution in [0.1, 0.15) is 5.76 Å². The molecule has 2 rings (SSSR count). The highest BCUT2D eigenvalue weighted by atomic mass is 127. The maximum absolute atomic E-state index is 12.8. The molecule has 23 heavy (non-hydrogen) atoms. The monoisotopic (exact) mass is 449 g/mol. The Morgan fingerprint density at radius 3 is 2.57 bits per heavy atom. The van der Waals surface area contributed by atoms with Crippen molar-refractivity contribution in [1.82, 2.24) is 10.6 Å². The Balaban J connectivity index is 0.00000264. The van der Waals surface area contributed by atoms with Gasteiger partial charge in [0.25, 0.3) is 0 Å². The Bertz CT molecular complexity index is 576. The predicted octanol–water partition coefficient (Wildman–Crippen LogP) is 3.54. The summed E-state index contributed by atoms with van der Waals surface area (Å²) < 4.78 is 18.1. The Morgan fingerprint density at radius 1 is 1.17 bits per heavy atom. The van der Waals surface area contributed by atoms with Crippen molar-refractivity contribution in [2.24, 2.45) is 4.99 Å². The van der Waals surface area contributed by atoms with Crippen LogP contribution in [0, 0.1) is 5.82 Å². The third kappa shape index (κ3) is 7.74. The molecule has 0 unspecified atom stereocenters. The molecule has 0 atom stereocenters. The van der Waals surface area contributed by atoms with Gasteiger partial charge in [0.1, 0.15) is 11.6 Å². The van der Waals surface area contributed by atoms with E-state index in [1.54, 1.807) is 37.2 Å². The minimum absolute atomic E-state index is 0. The van der Waals surface area contributed by atoms with Crippen molar-refractivity contribution in [2.75, 3.05) is 25.9 Å². The van der Waals surface area contributed by atoms with Crippen molar-refractivity contribution in [1.29, 1.82) is 0 Å². The number of furan rings is 1. The molecule has 2 N–H and O–H groups in total. The maximum Gasteiger partial charge on any atom is 0.191 e. The zero-order valence-electron chi connectivity index (χ0n) is 12.9. The van der Waals surface area contributed by atoms with Gasteiger partial charge in [-0.15, -0.1) is 35.7 Å². The first-order valence-corrected chi connectivity index (χ1v) is 8.12. The average molecular weight is 449 g/mol. The Hall–Kier alpha value is -1.22. The van der Waals surface area contributed by atoms with Gasteiger partial charge in [-0.25, -0.2) is 4.39 Å². The second kappa shape index (κ2) is 11.3. The summed E-state index contributed by atoms with van der Waals surface area (Å²) in [6.45, 7) is 1.54. The van der Waals surface area contributed by atoms with Gasteiger partial charge in [0.15, 0.2) is 5.96 Å². The Morgan fingerprint density at radius 2 is 1.91 bits per heavy atom. The summed E-state index contributed by atoms with van der Waals surface area (Å²) in [4.78, 5) is 5.23. The number of thioether (sulfide) groups is 1. The molecule has 0 saturated heterocycles. The van der Waals surface area contributed by atoms with Gasteiger partial charge in [-0.1, -0.05) is 0 Å². The molecule has 126 valence electrons. The first-order chi connectivity index (χ1) is 10.8. The van der Waals surface area contributed by atoms with Crippen molar-refractivity contribution in [2.45, 2.75) is 11.3 Å². The summed E-state index contributed by atoms with van der Waals surface area (Å²) in [5.41, 5.74) is 0. The van der Waals surface area contributed by atoms with Crippen molar-refractivity contribution in [3.05, 3.63) is 54.2 Å². The van der Waals surface area contributed by atoms with Crippen molar-refractivity contribution >= 4 is 41.7 Å². The SMILES string of the molecule is CN=C(NCCSc1ccc(F)cc1)NCCc1ccco1.I. The van der Waals surface area contributed by atoms with Crippen LogP contribution in [0.5, 0.6) is 0 Å². The first kappa shape index (κ1) is 19.8. The van der Waals surface area contributed by atoms with E-state index < -0.39 is 0 Å². The molecular formula is C16H21FIN3OS. The molecule has 0 aliphatic heterocycles. The number of aliphatic imine (C=N–C) groups is 1. The van der Waals surface area contributed by atoms with Gasteiger partial charge in [0.2, 0.25) is 0 Å². The standard InChI is InChI=1S/C16H20FN3OS.HI/c1-18-16(19-9-8-14-3-2-11-21-14)20-10-12-22-15-6-4-13(17)5-7-15;/h2-7,11H,8-10,12H2,1H3,(H2,18,19,20);1H. The second-order valence-corrected chi connectivity index (χ2v) is 5.73. The number of nitrogens with zero attached hydrogens (tertiary/aromatic N) is 1. The van der Waals surface area contributed by atoms with Crippen LogP contribution in [0.25, 0.3) is 0 Å². The topological polar surface area (TPSA) is 49.6 Å². The average Bonchev–Trinajstić information content (AvgIpc) is 3.04. The Labute approximate surface area is 157 Å². The van der Waals surface area contributed by atoms with E-state index in [4.69, 9.17) is 4.42 Å². The molecule has 0 radical (unpaired) electrons. The normalized spacial score (nSPS) is 11.0. The van der Waals surface area contributed by atoms with E-state index in [0.29, 0.717) is 0 Å². The van der Waals surface area contributed by atoms with Crippen molar-refractivity contribution in [3.63, 3.8) is 0 Å². The van der Waals surface area contributed by atoms with Crippen LogP contribution in [-0.4, -0.2) is 31.8 Å². The van der Waals surface area contributed by atoms with Gasteiger partial charge in [-0.3, -0.25) is 4.99 Å². The quantitative estimate of drug-likeness (QED) is 0.223. The number of halogens is 2. The predicted molar refractivity (Wildman–Crippen MR) is 104 cm³/mol. The number of guanidine groups is 1. The number of hydrogen-bond acceptors (Lipinski definition) is 3. The van der Waals surface area contributed by atoms with E-state index in [-0.39, 0.29) is 29.8 Å². The highest BCUT2D eigenvalue weighted by Gasteiger charge is 2.00. The summed E-state index contributed by atoms with van der Waals surface area (Å²) in [5, 5.41) is 6.48. The van der Waals surface area contributed by atoms with Crippen LogP contribution in [0.2, 0.25) is 0 Å². The van der Waals surface area contributed by atoms with Gasteiger partial charge in [-0.05, 0) is 36.4 Å². The van der Waals surface area contributed by atoms with Gasteiger partial charge in [-0.2, -0.15) is 0 Å². The molecule has 4 nitrogen and oxygen atoms in total. The van der Waals surface area contributed by atoms with E-state index in [1.807, 2.05) is 12.1 Å². The lowest BCUT2D eigenvalue weighted by molar-refractivity contribution is 0.507. The lowest BCUT2D eigenvalue weighted by Gasteiger charge is -2.11. The zero-order chi connectivity index (χ0) is 15.6. The minimum atomic E-state index is -0.205. The molecule has 1 aromatic carbocycles. The number of hydrogen-bond donors (Lipinski definition) is 2. The van der Waals surface area contributed by atoms with Crippen LogP contribution in [-0.2, 0) is 6.42 Å². The first-order valence-electron chi connectivity index (χ1n) is 7.13. The lowest BCUT2D eigenvalue weighted by atomic mass is 10.3. The maximum atomic E-state index is 12.8. The Kier molecular flexibility index (Phi) is 9.77. The molecular weight excluding hydrogens is 428 g/mol. The summed E-state index contributed by atoms with van der Waals surface area (Å²) in [6.07, 6.45) is 2.49. The third-order valence-corrected chi connectivity index (χ3v) is 3.96. The molecule has 0 aliphatic carbocycles. The fourth-order valence-corrected chi connectivity index (χ4v) is 2.62. The molecule has 0 amide bonds. The van der Waals surface area contributed by atoms with Crippen LogP contribution in [0.3, 0.4) is 0 Å². The van der Waals surface area contributed by atoms with Gasteiger partial charge >= 0.3 is 0 Å². The van der Waals surface area contributed by atoms with E-state index in [9.17, 15) is 4.39 Å². The van der Waals surface area contributed by atoms with Gasteiger partial charge in [0, 0.05) is 37.2 Å². The molecule has 0 saturated carbocycles. The number of nitrogens with one attached hydrogen (secondary N) is 2. The fourth-order valence-electron chi connectivity index (χ4n) is 1.85. The summed E-state index contributed by atoms with van der Waals surface area (Å²) >= 11 is 1.68. The largest absolute Gasteiger partial charge is 0.469 e. The van der Waals surface area contributed by atoms with Crippen LogP contribution < -0.4 is 10.6 Å². The van der Waals surface area contributed by atoms with Gasteiger partial charge < -0.3 is 15.1 Å². The molecule has 1 aromatic heterocycles. The van der Waals surface area contributed by atoms with E-state index in [1.165, 1.54) is 12.1 Å². The van der Waals surface area contributed by atoms with Gasteiger partial charge in [0.05, 0.1) is 6.26 Å². The molecule has 0 bridgehead atoms. The summed E-state index contributed by atoms with van der Waals surface area (Å²) in [7, 11) is 1.75. The van der Waals surface area contributed by atoms with E-state index in [2.05, 4.69) is 15.6 Å². The molecule has 0 spiro atoms. The molecule has 2 aromatic rings. The second-order valence-electron chi connectivity index (χ2n) is 4.56. The smallest absolute Gasteiger partial charge is 0.191 e. The van der Waals surface area contributed by atoms with E-state index in [0.717, 1.165) is 41.9 Å². The van der Waals surface area contributed by atoms with Crippen LogP contribution in [0.15, 0.2) is 57.0 Å². The van der Waals surface area contributed by atoms with Crippen LogP contribution in [0.4, 0.5) is 4.39 Å². The molecule has 7 heteroatoms. The summed E-state index contributed by atoms with van der Waals surface area (Å²) in [5.74, 6) is 2.40. The molecule has 0 fully saturated rings. The van der Waals surface area contributed by atoms with Crippen LogP contribution >= 0.6 is 35.7 Å². The minimum Gasteiger partial charge on any atom is -0.469 e. The third-order valence-electron chi connectivity index (χ3n) is 2.94. The highest BCUT2D eigenvalue weighted by Crippen LogP contribution is 2.17. The highest BCUT2D eigenvalue weighted by molar-refractivity contribution is 14.0. The molecule has 0 aliphatic rings. The van der Waals surface area contributed by atoms with Crippen molar-refractivity contribution in [3.8, 4) is 0 Å². The number of benzene rings is 1. The zero-order valence-corrected chi connectivity index (χ0v) is 16.1.